The van der Waals surface area contributed by atoms with E-state index in [9.17, 15) is 35.1 Å². The maximum Gasteiger partial charge on any atom is 0.308 e. The van der Waals surface area contributed by atoms with Gasteiger partial charge in [0.05, 0.1) is 36.8 Å². The van der Waals surface area contributed by atoms with Gasteiger partial charge in [0, 0.05) is 12.3 Å². The second kappa shape index (κ2) is 11.6. The monoisotopic (exact) mass is 458 g/mol. The van der Waals surface area contributed by atoms with E-state index in [-0.39, 0.29) is 43.0 Å². The molecule has 1 saturated carbocycles. The molecule has 0 aromatic heterocycles. The van der Waals surface area contributed by atoms with E-state index < -0.39 is 54.9 Å². The molecule has 0 saturated heterocycles. The van der Waals surface area contributed by atoms with Crippen LogP contribution in [0.25, 0.3) is 0 Å². The maximum atomic E-state index is 12.5. The van der Waals surface area contributed by atoms with Crippen LogP contribution in [0.2, 0.25) is 0 Å². The average Bonchev–Trinajstić information content (AvgIpc) is 2.70. The highest BCUT2D eigenvalue weighted by atomic mass is 16.5. The summed E-state index contributed by atoms with van der Waals surface area (Å²) in [7, 11) is 0. The number of carbonyl (C=O) groups is 2. The molecule has 2 aliphatic rings. The quantitative estimate of drug-likeness (QED) is 0.203. The van der Waals surface area contributed by atoms with Gasteiger partial charge >= 0.3 is 11.9 Å². The van der Waals surface area contributed by atoms with E-state index in [0.29, 0.717) is 18.4 Å². The van der Waals surface area contributed by atoms with Crippen LogP contribution < -0.4 is 0 Å². The predicted octanol–water partition coefficient (Wildman–Crippen LogP) is 0.606. The number of fused-ring (bicyclic) bond motifs is 1. The van der Waals surface area contributed by atoms with E-state index >= 15 is 0 Å². The molecule has 2 aliphatic carbocycles. The minimum atomic E-state index is -1.19. The molecule has 2 rings (SSSR count). The molecule has 0 aliphatic heterocycles. The van der Waals surface area contributed by atoms with Gasteiger partial charge in [0.2, 0.25) is 0 Å². The fourth-order valence-electron chi connectivity index (χ4n) is 4.98. The van der Waals surface area contributed by atoms with Crippen molar-refractivity contribution in [2.75, 3.05) is 0 Å². The molecule has 0 aromatic carbocycles. The molecular formula is C23H38O9. The summed E-state index contributed by atoms with van der Waals surface area (Å²) in [4.78, 5) is 23.2. The van der Waals surface area contributed by atoms with Crippen molar-refractivity contribution in [3.05, 3.63) is 11.6 Å². The van der Waals surface area contributed by atoms with E-state index in [1.165, 1.54) is 6.08 Å². The van der Waals surface area contributed by atoms with Crippen LogP contribution >= 0.6 is 0 Å². The lowest BCUT2D eigenvalue weighted by Gasteiger charge is -2.49. The summed E-state index contributed by atoms with van der Waals surface area (Å²) in [5, 5.41) is 60.4. The van der Waals surface area contributed by atoms with E-state index in [1.807, 2.05) is 6.92 Å². The molecule has 10 atom stereocenters. The maximum absolute atomic E-state index is 12.5. The topological polar surface area (TPSA) is 165 Å². The number of carboxylic acids is 1. The van der Waals surface area contributed by atoms with Gasteiger partial charge in [-0.2, -0.15) is 0 Å². The van der Waals surface area contributed by atoms with E-state index in [1.54, 1.807) is 13.8 Å². The Morgan fingerprint density at radius 2 is 1.84 bits per heavy atom. The minimum absolute atomic E-state index is 0.0862. The summed E-state index contributed by atoms with van der Waals surface area (Å²) in [6, 6.07) is 0. The first-order valence-corrected chi connectivity index (χ1v) is 11.5. The van der Waals surface area contributed by atoms with Gasteiger partial charge in [-0.1, -0.05) is 26.8 Å². The third-order valence-corrected chi connectivity index (χ3v) is 7.05. The van der Waals surface area contributed by atoms with Crippen molar-refractivity contribution in [2.24, 2.45) is 23.7 Å². The van der Waals surface area contributed by atoms with Gasteiger partial charge in [-0.3, -0.25) is 9.59 Å². The summed E-state index contributed by atoms with van der Waals surface area (Å²) in [5.74, 6) is -2.89. The van der Waals surface area contributed by atoms with Gasteiger partial charge in [-0.05, 0) is 43.1 Å². The lowest BCUT2D eigenvalue weighted by molar-refractivity contribution is -0.163. The van der Waals surface area contributed by atoms with Gasteiger partial charge in [0.1, 0.15) is 12.2 Å². The zero-order valence-corrected chi connectivity index (χ0v) is 19.0. The molecular weight excluding hydrogens is 420 g/mol. The first-order chi connectivity index (χ1) is 15.0. The van der Waals surface area contributed by atoms with Crippen molar-refractivity contribution in [1.29, 1.82) is 0 Å². The van der Waals surface area contributed by atoms with Crippen LogP contribution in [0.3, 0.4) is 0 Å². The van der Waals surface area contributed by atoms with Crippen LogP contribution in [0.1, 0.15) is 59.3 Å². The second-order valence-corrected chi connectivity index (χ2v) is 9.46. The van der Waals surface area contributed by atoms with Crippen molar-refractivity contribution < 1.29 is 45.0 Å². The number of esters is 1. The Morgan fingerprint density at radius 3 is 2.44 bits per heavy atom. The highest BCUT2D eigenvalue weighted by molar-refractivity contribution is 5.72. The highest BCUT2D eigenvalue weighted by Crippen LogP contribution is 2.47. The molecule has 6 N–H and O–H groups in total. The van der Waals surface area contributed by atoms with Gasteiger partial charge in [0.15, 0.2) is 0 Å². The largest absolute Gasteiger partial charge is 0.481 e. The first kappa shape index (κ1) is 26.7. The Bertz CT molecular complexity index is 678. The van der Waals surface area contributed by atoms with E-state index in [0.717, 1.165) is 0 Å². The van der Waals surface area contributed by atoms with Crippen molar-refractivity contribution in [2.45, 2.75) is 95.9 Å². The van der Waals surface area contributed by atoms with Gasteiger partial charge in [-0.25, -0.2) is 0 Å². The Kier molecular flexibility index (Phi) is 9.66. The lowest BCUT2D eigenvalue weighted by Crippen LogP contribution is -2.54. The highest BCUT2D eigenvalue weighted by Gasteiger charge is 2.50. The molecule has 0 radical (unpaired) electrons. The number of hydrogen-bond donors (Lipinski definition) is 6. The number of hydrogen-bond acceptors (Lipinski definition) is 8. The zero-order valence-electron chi connectivity index (χ0n) is 19.0. The first-order valence-electron chi connectivity index (χ1n) is 11.5. The molecule has 9 heteroatoms. The molecule has 0 bridgehead atoms. The van der Waals surface area contributed by atoms with Gasteiger partial charge in [0.25, 0.3) is 0 Å². The van der Waals surface area contributed by atoms with Crippen molar-refractivity contribution >= 4 is 11.9 Å². The average molecular weight is 459 g/mol. The number of aliphatic carboxylic acids is 1. The number of carbonyl (C=O) groups excluding carboxylic acids is 1. The second-order valence-electron chi connectivity index (χ2n) is 9.46. The zero-order chi connectivity index (χ0) is 24.2. The normalized spacial score (nSPS) is 35.2. The summed E-state index contributed by atoms with van der Waals surface area (Å²) in [5.41, 5.74) is 0.446. The lowest BCUT2D eigenvalue weighted by atomic mass is 9.61. The minimum Gasteiger partial charge on any atom is -0.481 e. The fourth-order valence-corrected chi connectivity index (χ4v) is 4.98. The van der Waals surface area contributed by atoms with Crippen LogP contribution in [0.5, 0.6) is 0 Å². The standard InChI is InChI=1S/C23H38O9/c1-4-11(2)23(31)32-18-9-15(26)8-17-20(18)16(12(3)21(29)22(17)30)6-5-13(24)7-14(25)10-19(27)28/h8,11-16,18,20-22,24-26,29-30H,4-7,9-10H2,1-3H3,(H,27,28)/t11-,12+,13+,14+,15-,16-,18-,20+,21+,22-/m0/s1. The number of aliphatic hydroxyl groups excluding tert-OH is 5. The Balaban J connectivity index is 2.20. The summed E-state index contributed by atoms with van der Waals surface area (Å²) in [6.45, 7) is 5.43. The van der Waals surface area contributed by atoms with Crippen molar-refractivity contribution in [3.8, 4) is 0 Å². The third-order valence-electron chi connectivity index (χ3n) is 7.05. The number of ether oxygens (including phenoxy) is 1. The third kappa shape index (κ3) is 6.51. The Hall–Kier alpha value is -1.52. The number of carboxylic acid groups (broad SMARTS) is 1. The predicted molar refractivity (Wildman–Crippen MR) is 114 cm³/mol. The van der Waals surface area contributed by atoms with Crippen molar-refractivity contribution in [1.82, 2.24) is 0 Å². The molecule has 0 unspecified atom stereocenters. The molecule has 0 heterocycles. The molecule has 0 amide bonds. The summed E-state index contributed by atoms with van der Waals surface area (Å²) >= 11 is 0. The van der Waals surface area contributed by atoms with Crippen LogP contribution in [0.4, 0.5) is 0 Å². The summed E-state index contributed by atoms with van der Waals surface area (Å²) in [6.07, 6.45) is -3.53. The fraction of sp³-hybridized carbons (Fsp3) is 0.826. The van der Waals surface area contributed by atoms with E-state index in [4.69, 9.17) is 9.84 Å². The molecule has 0 spiro atoms. The van der Waals surface area contributed by atoms with Crippen LogP contribution in [-0.4, -0.2) is 79.2 Å². The molecule has 1 fully saturated rings. The Morgan fingerprint density at radius 1 is 1.19 bits per heavy atom. The Labute approximate surface area is 188 Å². The van der Waals surface area contributed by atoms with E-state index in [2.05, 4.69) is 0 Å². The van der Waals surface area contributed by atoms with Crippen LogP contribution in [-0.2, 0) is 14.3 Å². The summed E-state index contributed by atoms with van der Waals surface area (Å²) < 4.78 is 5.76. The SMILES string of the molecule is CC[C@H](C)C(=O)O[C@H]1C[C@@H](O)C=C2[C@H]1[C@@H](CC[C@@H](O)C[C@@H](O)CC(=O)O)[C@@H](C)[C@@H](O)[C@H]2O. The molecule has 184 valence electrons. The number of aliphatic hydroxyl groups is 5. The number of rotatable bonds is 10. The van der Waals surface area contributed by atoms with Crippen LogP contribution in [0, 0.1) is 23.7 Å². The van der Waals surface area contributed by atoms with Gasteiger partial charge in [-0.15, -0.1) is 0 Å². The van der Waals surface area contributed by atoms with Gasteiger partial charge < -0.3 is 35.4 Å². The van der Waals surface area contributed by atoms with Crippen LogP contribution in [0.15, 0.2) is 11.6 Å². The molecule has 9 nitrogen and oxygen atoms in total. The molecule has 0 aromatic rings. The smallest absolute Gasteiger partial charge is 0.308 e. The van der Waals surface area contributed by atoms with Crippen molar-refractivity contribution in [3.63, 3.8) is 0 Å². The molecule has 32 heavy (non-hydrogen) atoms.